The number of rotatable bonds is 12. The van der Waals surface area contributed by atoms with Crippen molar-refractivity contribution in [1.29, 1.82) is 0 Å². The van der Waals surface area contributed by atoms with Crippen LogP contribution < -0.4 is 104 Å². The molecule has 0 aliphatic carbocycles. The van der Waals surface area contributed by atoms with Gasteiger partial charge in [-0.2, -0.15) is 0 Å². The van der Waals surface area contributed by atoms with Crippen LogP contribution in [0.1, 0.15) is 0 Å². The molecule has 0 saturated heterocycles. The van der Waals surface area contributed by atoms with Crippen LogP contribution in [0.15, 0.2) is 0 Å². The van der Waals surface area contributed by atoms with Crippen LogP contribution in [-0.2, 0) is 29.5 Å². The van der Waals surface area contributed by atoms with Crippen LogP contribution in [0.3, 0.4) is 0 Å². The SMILES string of the molecule is O=S(=O)(CCO)CCO.O=S(=O)(CCO)CCO.O=S(=O)(CCO)CCO.[Na+].[Na+].[Na+].[O-]B([O-])[O-]. The number of aliphatic hydroxyl groups excluding tert-OH is 6. The van der Waals surface area contributed by atoms with Crippen molar-refractivity contribution in [2.24, 2.45) is 0 Å². The molecule has 0 unspecified atom stereocenters. The maximum absolute atomic E-state index is 10.5. The second kappa shape index (κ2) is 33.6. The Bertz CT molecular complexity index is 562. The van der Waals surface area contributed by atoms with E-state index >= 15 is 0 Å². The fourth-order valence-electron chi connectivity index (χ4n) is 1.14. The summed E-state index contributed by atoms with van der Waals surface area (Å²) in [5.41, 5.74) is 0. The van der Waals surface area contributed by atoms with Crippen molar-refractivity contribution in [3.05, 3.63) is 0 Å². The van der Waals surface area contributed by atoms with Crippen molar-refractivity contribution in [3.8, 4) is 0 Å². The fraction of sp³-hybridized carbons (Fsp3) is 1.00. The first kappa shape index (κ1) is 52.9. The molecule has 0 aliphatic rings. The molecule has 22 heteroatoms. The van der Waals surface area contributed by atoms with Crippen LogP contribution in [0.25, 0.3) is 0 Å². The van der Waals surface area contributed by atoms with Gasteiger partial charge in [-0.25, -0.2) is 25.3 Å². The summed E-state index contributed by atoms with van der Waals surface area (Å²) in [4.78, 5) is 0. The number of hydrogen-bond acceptors (Lipinski definition) is 15. The largest absolute Gasteiger partial charge is 1.00 e. The molecular weight excluding hydrogens is 560 g/mol. The first-order valence-corrected chi connectivity index (χ1v) is 13.8. The Kier molecular flexibility index (Phi) is 52.3. The minimum absolute atomic E-state index is 0. The van der Waals surface area contributed by atoms with Crippen molar-refractivity contribution in [2.45, 2.75) is 0 Å². The van der Waals surface area contributed by atoms with E-state index in [4.69, 9.17) is 45.7 Å². The molecule has 0 radical (unpaired) electrons. The number of hydrogen-bond donors (Lipinski definition) is 6. The first-order valence-electron chi connectivity index (χ1n) is 8.34. The van der Waals surface area contributed by atoms with Gasteiger partial charge >= 0.3 is 88.7 Å². The van der Waals surface area contributed by atoms with Gasteiger partial charge in [-0.1, -0.05) is 0 Å². The molecule has 0 amide bonds. The Morgan fingerprint density at radius 3 is 0.559 bits per heavy atom. The minimum Gasteiger partial charge on any atom is -0.907 e. The Morgan fingerprint density at radius 1 is 0.412 bits per heavy atom. The molecule has 15 nitrogen and oxygen atoms in total. The van der Waals surface area contributed by atoms with Crippen LogP contribution in [0.5, 0.6) is 0 Å². The first-order chi connectivity index (χ1) is 14.1. The molecule has 0 aromatic heterocycles. The van der Waals surface area contributed by atoms with Crippen LogP contribution in [-0.4, -0.2) is 137 Å². The molecule has 0 aromatic rings. The predicted molar refractivity (Wildman–Crippen MR) is 104 cm³/mol. The quantitative estimate of drug-likeness (QED) is 0.115. The zero-order chi connectivity index (χ0) is 25.6. The molecule has 0 aliphatic heterocycles. The van der Waals surface area contributed by atoms with Crippen molar-refractivity contribution in [1.82, 2.24) is 0 Å². The molecule has 0 aromatic carbocycles. The van der Waals surface area contributed by atoms with Gasteiger partial charge in [0.1, 0.15) is 0 Å². The summed E-state index contributed by atoms with van der Waals surface area (Å²) in [6, 6.07) is 0. The van der Waals surface area contributed by atoms with Crippen LogP contribution in [0.2, 0.25) is 0 Å². The van der Waals surface area contributed by atoms with Gasteiger partial charge in [0.2, 0.25) is 0 Å². The summed E-state index contributed by atoms with van der Waals surface area (Å²) in [7, 11) is -12.5. The second-order valence-electron chi connectivity index (χ2n) is 5.09. The van der Waals surface area contributed by atoms with Crippen LogP contribution in [0, 0.1) is 0 Å². The monoisotopic (exact) mass is 590 g/mol. The summed E-state index contributed by atoms with van der Waals surface area (Å²) >= 11 is 0. The van der Waals surface area contributed by atoms with Gasteiger partial charge in [0.05, 0.1) is 74.2 Å². The third kappa shape index (κ3) is 55.2. The fourth-order valence-corrected chi connectivity index (χ4v) is 3.42. The molecule has 34 heavy (non-hydrogen) atoms. The summed E-state index contributed by atoms with van der Waals surface area (Å²) in [6.07, 6.45) is 0. The van der Waals surface area contributed by atoms with E-state index in [9.17, 15) is 25.3 Å². The van der Waals surface area contributed by atoms with Crippen molar-refractivity contribution in [3.63, 3.8) is 0 Å². The van der Waals surface area contributed by atoms with Gasteiger partial charge in [0.25, 0.3) is 0 Å². The smallest absolute Gasteiger partial charge is 0.907 e. The molecule has 6 N–H and O–H groups in total. The normalized spacial score (nSPS) is 10.1. The van der Waals surface area contributed by atoms with Crippen LogP contribution >= 0.6 is 0 Å². The van der Waals surface area contributed by atoms with Gasteiger partial charge in [-0.15, -0.1) is 0 Å². The van der Waals surface area contributed by atoms with Gasteiger partial charge in [-0.3, -0.25) is 7.32 Å². The third-order valence-corrected chi connectivity index (χ3v) is 7.24. The maximum atomic E-state index is 10.5. The summed E-state index contributed by atoms with van der Waals surface area (Å²) < 4.78 is 63.1. The summed E-state index contributed by atoms with van der Waals surface area (Å²) in [5, 5.41) is 74.3. The van der Waals surface area contributed by atoms with E-state index in [1.807, 2.05) is 0 Å². The standard InChI is InChI=1S/3C4H10O4S.BO3.3Na/c3*5-1-3-9(7,8)4-2-6;2-1(3)4;;;/h3*5-6H,1-4H2;;;;/q;;;-3;3*+1. The number of aliphatic hydroxyl groups is 6. The molecule has 192 valence electrons. The van der Waals surface area contributed by atoms with E-state index in [0.717, 1.165) is 0 Å². The molecule has 0 bridgehead atoms. The Labute approximate surface area is 267 Å². The van der Waals surface area contributed by atoms with Gasteiger partial charge in [0, 0.05) is 0 Å². The van der Waals surface area contributed by atoms with E-state index in [1.165, 1.54) is 0 Å². The average Bonchev–Trinajstić information content (AvgIpc) is 2.54. The van der Waals surface area contributed by atoms with Gasteiger partial charge < -0.3 is 45.7 Å². The zero-order valence-corrected chi connectivity index (χ0v) is 28.1. The third-order valence-electron chi connectivity index (χ3n) is 2.41. The van der Waals surface area contributed by atoms with Crippen molar-refractivity contribution < 1.29 is 160 Å². The Morgan fingerprint density at radius 2 is 0.500 bits per heavy atom. The van der Waals surface area contributed by atoms with E-state index in [0.29, 0.717) is 0 Å². The molecule has 0 spiro atoms. The molecule has 0 heterocycles. The molecule has 0 fully saturated rings. The summed E-state index contributed by atoms with van der Waals surface area (Å²) in [6.45, 7) is -2.24. The topological polar surface area (TPSA) is 293 Å². The molecule has 0 atom stereocenters. The average molecular weight is 590 g/mol. The summed E-state index contributed by atoms with van der Waals surface area (Å²) in [5.74, 6) is -1.54. The molecule has 0 rings (SSSR count). The number of sulfone groups is 3. The van der Waals surface area contributed by atoms with E-state index < -0.39 is 36.8 Å². The van der Waals surface area contributed by atoms with Gasteiger partial charge in [-0.05, 0) is 0 Å². The van der Waals surface area contributed by atoms with Crippen LogP contribution in [0.4, 0.5) is 0 Å². The maximum Gasteiger partial charge on any atom is 1.00 e. The predicted octanol–water partition coefficient (Wildman–Crippen LogP) is -17.8. The van der Waals surface area contributed by atoms with E-state index in [1.54, 1.807) is 0 Å². The van der Waals surface area contributed by atoms with Crippen molar-refractivity contribution >= 4 is 36.8 Å². The van der Waals surface area contributed by atoms with Gasteiger partial charge in [0.15, 0.2) is 29.5 Å². The van der Waals surface area contributed by atoms with Crippen molar-refractivity contribution in [2.75, 3.05) is 74.2 Å². The minimum atomic E-state index is -3.18. The molecule has 0 saturated carbocycles. The Hall–Kier alpha value is 2.55. The second-order valence-corrected chi connectivity index (χ2v) is 12.0. The van der Waals surface area contributed by atoms with E-state index in [2.05, 4.69) is 0 Å². The van der Waals surface area contributed by atoms with E-state index in [-0.39, 0.29) is 163 Å². The molecular formula is C12H30BNa3O15S3. The zero-order valence-electron chi connectivity index (χ0n) is 19.6. The Balaban J connectivity index is -0.0000000572.